The molecule has 1 N–H and O–H groups in total. The molecule has 2 atom stereocenters. The summed E-state index contributed by atoms with van der Waals surface area (Å²) >= 11 is 0. The van der Waals surface area contributed by atoms with Crippen LogP contribution in [-0.2, 0) is 0 Å². The lowest BCUT2D eigenvalue weighted by molar-refractivity contribution is 0.0746. The van der Waals surface area contributed by atoms with E-state index in [1.165, 1.54) is 11.2 Å². The Bertz CT molecular complexity index is 683. The van der Waals surface area contributed by atoms with Crippen molar-refractivity contribution in [3.05, 3.63) is 17.6 Å². The summed E-state index contributed by atoms with van der Waals surface area (Å²) in [6, 6.07) is -0.137. The third-order valence-electron chi connectivity index (χ3n) is 5.04. The molecule has 1 unspecified atom stereocenters. The standard InChI is InChI=1S/C17H24N4O3/c1-10-7-11(22)14-13(10)15(19-9-18-14)20-5-6-21(16(23)24)12(8-20)17(2,3)4/h9-10,12H,5-8H2,1-4H3,(H,23,24)/t10?,12-/m0/s1. The van der Waals surface area contributed by atoms with Gasteiger partial charge >= 0.3 is 6.09 Å². The van der Waals surface area contributed by atoms with Gasteiger partial charge in [-0.3, -0.25) is 4.79 Å². The van der Waals surface area contributed by atoms with Gasteiger partial charge in [0.25, 0.3) is 0 Å². The summed E-state index contributed by atoms with van der Waals surface area (Å²) in [4.78, 5) is 35.9. The first-order chi connectivity index (χ1) is 11.2. The van der Waals surface area contributed by atoms with Crippen molar-refractivity contribution < 1.29 is 14.7 Å². The van der Waals surface area contributed by atoms with E-state index in [0.717, 1.165) is 11.4 Å². The summed E-state index contributed by atoms with van der Waals surface area (Å²) in [6.07, 6.45) is 1.03. The lowest BCUT2D eigenvalue weighted by Gasteiger charge is -2.46. The smallest absolute Gasteiger partial charge is 0.407 e. The quantitative estimate of drug-likeness (QED) is 0.849. The first kappa shape index (κ1) is 16.7. The van der Waals surface area contributed by atoms with Gasteiger partial charge in [-0.05, 0) is 11.3 Å². The molecule has 1 aromatic rings. The molecule has 130 valence electrons. The number of carboxylic acid groups (broad SMARTS) is 1. The minimum absolute atomic E-state index is 0.0673. The number of hydrogen-bond donors (Lipinski definition) is 1. The number of nitrogens with zero attached hydrogens (tertiary/aromatic N) is 4. The van der Waals surface area contributed by atoms with Crippen molar-refractivity contribution in [3.8, 4) is 0 Å². The third kappa shape index (κ3) is 2.72. The molecular weight excluding hydrogens is 308 g/mol. The van der Waals surface area contributed by atoms with Crippen LogP contribution in [0.2, 0.25) is 0 Å². The normalized spacial score (nSPS) is 24.2. The molecule has 2 heterocycles. The number of piperazine rings is 1. The van der Waals surface area contributed by atoms with Crippen molar-refractivity contribution in [1.82, 2.24) is 14.9 Å². The van der Waals surface area contributed by atoms with Gasteiger partial charge in [0.05, 0.1) is 6.04 Å². The Balaban J connectivity index is 1.95. The van der Waals surface area contributed by atoms with E-state index in [1.54, 1.807) is 0 Å². The summed E-state index contributed by atoms with van der Waals surface area (Å²) in [7, 11) is 0. The lowest BCUT2D eigenvalue weighted by Crippen LogP contribution is -2.59. The molecule has 3 rings (SSSR count). The molecule has 1 amide bonds. The summed E-state index contributed by atoms with van der Waals surface area (Å²) in [6.45, 7) is 9.74. The Labute approximate surface area is 141 Å². The van der Waals surface area contributed by atoms with Crippen molar-refractivity contribution in [2.45, 2.75) is 46.1 Å². The van der Waals surface area contributed by atoms with E-state index in [1.807, 2.05) is 27.7 Å². The van der Waals surface area contributed by atoms with E-state index in [9.17, 15) is 14.7 Å². The first-order valence-corrected chi connectivity index (χ1v) is 8.32. The Morgan fingerprint density at radius 2 is 2.00 bits per heavy atom. The van der Waals surface area contributed by atoms with E-state index in [0.29, 0.717) is 31.7 Å². The minimum atomic E-state index is -0.883. The maximum Gasteiger partial charge on any atom is 0.407 e. The zero-order valence-corrected chi connectivity index (χ0v) is 14.6. The van der Waals surface area contributed by atoms with Crippen LogP contribution in [0.4, 0.5) is 10.6 Å². The fourth-order valence-electron chi connectivity index (χ4n) is 3.74. The molecule has 0 spiro atoms. The van der Waals surface area contributed by atoms with E-state index in [4.69, 9.17) is 0 Å². The average molecular weight is 332 g/mol. The highest BCUT2D eigenvalue weighted by molar-refractivity contribution is 6.00. The highest BCUT2D eigenvalue weighted by Crippen LogP contribution is 2.38. The highest BCUT2D eigenvalue weighted by Gasteiger charge is 2.40. The summed E-state index contributed by atoms with van der Waals surface area (Å²) < 4.78 is 0. The van der Waals surface area contributed by atoms with E-state index in [-0.39, 0.29) is 23.2 Å². The van der Waals surface area contributed by atoms with E-state index >= 15 is 0 Å². The van der Waals surface area contributed by atoms with Gasteiger partial charge in [0.1, 0.15) is 17.8 Å². The maximum absolute atomic E-state index is 12.1. The number of hydrogen-bond acceptors (Lipinski definition) is 5. The number of carbonyl (C=O) groups is 2. The SMILES string of the molecule is CC1CC(=O)c2ncnc(N3CCN(C(=O)O)[C@H](C(C)(C)C)C3)c21. The van der Waals surface area contributed by atoms with Gasteiger partial charge in [-0.25, -0.2) is 14.8 Å². The molecule has 1 saturated heterocycles. The molecule has 0 aromatic carbocycles. The molecule has 2 aliphatic rings. The van der Waals surface area contributed by atoms with Gasteiger partial charge in [-0.2, -0.15) is 0 Å². The van der Waals surface area contributed by atoms with Gasteiger partial charge < -0.3 is 14.9 Å². The Hall–Kier alpha value is -2.18. The van der Waals surface area contributed by atoms with Gasteiger partial charge in [-0.1, -0.05) is 27.7 Å². The van der Waals surface area contributed by atoms with Crippen LogP contribution in [0.15, 0.2) is 6.33 Å². The molecule has 0 radical (unpaired) electrons. The Morgan fingerprint density at radius 1 is 1.29 bits per heavy atom. The zero-order valence-electron chi connectivity index (χ0n) is 14.6. The molecule has 7 heteroatoms. The fraction of sp³-hybridized carbons (Fsp3) is 0.647. The van der Waals surface area contributed by atoms with E-state index < -0.39 is 6.09 Å². The Morgan fingerprint density at radius 3 is 2.62 bits per heavy atom. The molecule has 7 nitrogen and oxygen atoms in total. The second-order valence-electron chi connectivity index (χ2n) is 7.79. The number of ketones is 1. The van der Waals surface area contributed by atoms with Crippen molar-refractivity contribution >= 4 is 17.7 Å². The Kier molecular flexibility index (Phi) is 3.97. The van der Waals surface area contributed by atoms with Crippen LogP contribution in [-0.4, -0.2) is 57.5 Å². The van der Waals surface area contributed by atoms with Crippen molar-refractivity contribution in [2.75, 3.05) is 24.5 Å². The molecular formula is C17H24N4O3. The molecule has 1 aliphatic heterocycles. The van der Waals surface area contributed by atoms with E-state index in [2.05, 4.69) is 14.9 Å². The van der Waals surface area contributed by atoms with Crippen LogP contribution >= 0.6 is 0 Å². The van der Waals surface area contributed by atoms with Gasteiger partial charge in [0, 0.05) is 31.6 Å². The van der Waals surface area contributed by atoms with Gasteiger partial charge in [-0.15, -0.1) is 0 Å². The molecule has 0 bridgehead atoms. The lowest BCUT2D eigenvalue weighted by atomic mass is 9.84. The second-order valence-corrected chi connectivity index (χ2v) is 7.79. The number of anilines is 1. The fourth-order valence-corrected chi connectivity index (χ4v) is 3.74. The molecule has 1 aliphatic carbocycles. The van der Waals surface area contributed by atoms with Crippen LogP contribution in [0.25, 0.3) is 0 Å². The van der Waals surface area contributed by atoms with Crippen LogP contribution in [0.3, 0.4) is 0 Å². The van der Waals surface area contributed by atoms with Crippen LogP contribution in [0, 0.1) is 5.41 Å². The number of fused-ring (bicyclic) bond motifs is 1. The molecule has 0 saturated carbocycles. The second kappa shape index (κ2) is 5.72. The molecule has 1 aromatic heterocycles. The number of aromatic nitrogens is 2. The number of rotatable bonds is 1. The predicted molar refractivity (Wildman–Crippen MR) is 89.6 cm³/mol. The van der Waals surface area contributed by atoms with Gasteiger partial charge in [0.15, 0.2) is 5.78 Å². The first-order valence-electron chi connectivity index (χ1n) is 8.32. The maximum atomic E-state index is 12.1. The van der Waals surface area contributed by atoms with Crippen molar-refractivity contribution in [3.63, 3.8) is 0 Å². The zero-order chi connectivity index (χ0) is 17.6. The van der Waals surface area contributed by atoms with Gasteiger partial charge in [0.2, 0.25) is 0 Å². The molecule has 24 heavy (non-hydrogen) atoms. The number of carbonyl (C=O) groups excluding carboxylic acids is 1. The van der Waals surface area contributed by atoms with Crippen LogP contribution in [0.1, 0.15) is 56.1 Å². The van der Waals surface area contributed by atoms with Crippen molar-refractivity contribution in [2.24, 2.45) is 5.41 Å². The average Bonchev–Trinajstić information content (AvgIpc) is 2.81. The monoisotopic (exact) mass is 332 g/mol. The summed E-state index contributed by atoms with van der Waals surface area (Å²) in [5, 5.41) is 9.50. The number of Topliss-reactive ketones (excluding diaryl/α,β-unsaturated/α-hetero) is 1. The highest BCUT2D eigenvalue weighted by atomic mass is 16.4. The summed E-state index contributed by atoms with van der Waals surface area (Å²) in [5.74, 6) is 0.963. The topological polar surface area (TPSA) is 86.6 Å². The predicted octanol–water partition coefficient (Wildman–Crippen LogP) is 2.38. The largest absolute Gasteiger partial charge is 0.465 e. The molecule has 1 fully saturated rings. The third-order valence-corrected chi connectivity index (χ3v) is 5.04. The van der Waals surface area contributed by atoms with Crippen LogP contribution < -0.4 is 4.90 Å². The minimum Gasteiger partial charge on any atom is -0.465 e. The summed E-state index contributed by atoms with van der Waals surface area (Å²) in [5.41, 5.74) is 1.26. The number of amides is 1. The van der Waals surface area contributed by atoms with Crippen LogP contribution in [0.5, 0.6) is 0 Å². The van der Waals surface area contributed by atoms with Crippen molar-refractivity contribution in [1.29, 1.82) is 0 Å².